The number of ether oxygens (including phenoxy) is 1. The van der Waals surface area contributed by atoms with Crippen LogP contribution in [0, 0.1) is 0 Å². The molecule has 0 radical (unpaired) electrons. The molecule has 0 spiro atoms. The molecule has 4 N–H and O–H groups in total. The fourth-order valence-corrected chi connectivity index (χ4v) is 1.69. The molecule has 0 saturated heterocycles. The fraction of sp³-hybridized carbons (Fsp3) is 0.462. The Bertz CT molecular complexity index is 502. The first kappa shape index (κ1) is 15.7. The number of nitrogens with two attached hydrogens (primary N) is 2. The molecule has 0 aliphatic heterocycles. The summed E-state index contributed by atoms with van der Waals surface area (Å²) in [4.78, 5) is 28.7. The van der Waals surface area contributed by atoms with Crippen molar-refractivity contribution in [3.63, 3.8) is 0 Å². The lowest BCUT2D eigenvalue weighted by Gasteiger charge is -2.26. The zero-order valence-electron chi connectivity index (χ0n) is 11.9. The molecule has 0 atom stereocenters. The highest BCUT2D eigenvalue weighted by Gasteiger charge is 2.18. The van der Waals surface area contributed by atoms with Gasteiger partial charge in [0, 0.05) is 6.04 Å². The van der Waals surface area contributed by atoms with Gasteiger partial charge < -0.3 is 21.1 Å². The summed E-state index contributed by atoms with van der Waals surface area (Å²) in [5.74, 6) is -0.539. The van der Waals surface area contributed by atoms with Gasteiger partial charge in [0.05, 0.1) is 30.6 Å². The summed E-state index contributed by atoms with van der Waals surface area (Å²) in [7, 11) is 0. The minimum atomic E-state index is -0.517. The maximum atomic E-state index is 11.8. The van der Waals surface area contributed by atoms with Gasteiger partial charge in [-0.15, -0.1) is 0 Å². The highest BCUT2D eigenvalue weighted by atomic mass is 16.5. The summed E-state index contributed by atoms with van der Waals surface area (Å²) in [6.07, 6.45) is 1.37. The van der Waals surface area contributed by atoms with Crippen LogP contribution >= 0.6 is 0 Å². The number of rotatable bonds is 6. The Kier molecular flexibility index (Phi) is 5.31. The largest absolute Gasteiger partial charge is 0.462 e. The predicted molar refractivity (Wildman–Crippen MR) is 76.3 cm³/mol. The third-order valence-corrected chi connectivity index (χ3v) is 2.66. The Morgan fingerprint density at radius 1 is 1.45 bits per heavy atom. The van der Waals surface area contributed by atoms with E-state index in [1.165, 1.54) is 12.3 Å². The Hall–Kier alpha value is -2.31. The first-order valence-electron chi connectivity index (χ1n) is 6.34. The van der Waals surface area contributed by atoms with Crippen molar-refractivity contribution < 1.29 is 14.3 Å². The molecule has 1 heterocycles. The standard InChI is InChI=1S/C13H20N4O3/c1-4-20-13(19)9-5-12(16-6-10(9)14)17(8(2)3)7-11(15)18/h5-6,8H,4,7,14H2,1-3H3,(H2,15,18). The molecule has 1 aromatic heterocycles. The van der Waals surface area contributed by atoms with Gasteiger partial charge in [-0.2, -0.15) is 0 Å². The number of primary amides is 1. The first-order chi connectivity index (χ1) is 9.36. The van der Waals surface area contributed by atoms with Crippen molar-refractivity contribution in [3.8, 4) is 0 Å². The van der Waals surface area contributed by atoms with Crippen molar-refractivity contribution in [1.29, 1.82) is 0 Å². The Morgan fingerprint density at radius 3 is 2.60 bits per heavy atom. The minimum Gasteiger partial charge on any atom is -0.462 e. The number of amides is 1. The van der Waals surface area contributed by atoms with Crippen molar-refractivity contribution in [3.05, 3.63) is 17.8 Å². The van der Waals surface area contributed by atoms with Crippen molar-refractivity contribution >= 4 is 23.4 Å². The Labute approximate surface area is 117 Å². The normalized spacial score (nSPS) is 10.4. The van der Waals surface area contributed by atoms with Crippen LogP contribution in [0.5, 0.6) is 0 Å². The number of hydrogen-bond donors (Lipinski definition) is 2. The zero-order chi connectivity index (χ0) is 15.3. The molecule has 0 bridgehead atoms. The van der Waals surface area contributed by atoms with Crippen LogP contribution < -0.4 is 16.4 Å². The number of pyridine rings is 1. The molecule has 0 fully saturated rings. The number of esters is 1. The van der Waals surface area contributed by atoms with Gasteiger partial charge in [-0.3, -0.25) is 4.79 Å². The van der Waals surface area contributed by atoms with Crippen LogP contribution in [0.2, 0.25) is 0 Å². The van der Waals surface area contributed by atoms with Crippen LogP contribution in [0.4, 0.5) is 11.5 Å². The van der Waals surface area contributed by atoms with Gasteiger partial charge in [-0.05, 0) is 26.8 Å². The molecule has 20 heavy (non-hydrogen) atoms. The Balaban J connectivity index is 3.14. The second-order valence-electron chi connectivity index (χ2n) is 4.54. The van der Waals surface area contributed by atoms with E-state index >= 15 is 0 Å². The van der Waals surface area contributed by atoms with Gasteiger partial charge in [0.2, 0.25) is 5.91 Å². The van der Waals surface area contributed by atoms with E-state index in [0.29, 0.717) is 5.82 Å². The van der Waals surface area contributed by atoms with E-state index in [0.717, 1.165) is 0 Å². The van der Waals surface area contributed by atoms with E-state index in [1.54, 1.807) is 11.8 Å². The van der Waals surface area contributed by atoms with Crippen molar-refractivity contribution in [2.24, 2.45) is 5.73 Å². The molecule has 0 aromatic carbocycles. The number of nitrogen functional groups attached to an aromatic ring is 1. The van der Waals surface area contributed by atoms with Crippen LogP contribution in [0.1, 0.15) is 31.1 Å². The highest BCUT2D eigenvalue weighted by Crippen LogP contribution is 2.20. The third-order valence-electron chi connectivity index (χ3n) is 2.66. The molecule has 1 rings (SSSR count). The average molecular weight is 280 g/mol. The molecule has 1 aromatic rings. The molecule has 0 aliphatic carbocycles. The van der Waals surface area contributed by atoms with Gasteiger partial charge >= 0.3 is 5.97 Å². The minimum absolute atomic E-state index is 0.00586. The molecule has 7 nitrogen and oxygen atoms in total. The third kappa shape index (κ3) is 3.84. The van der Waals surface area contributed by atoms with Gasteiger partial charge in [0.25, 0.3) is 0 Å². The van der Waals surface area contributed by atoms with Crippen LogP contribution in [-0.4, -0.2) is 36.1 Å². The second-order valence-corrected chi connectivity index (χ2v) is 4.54. The number of carbonyl (C=O) groups excluding carboxylic acids is 2. The highest BCUT2D eigenvalue weighted by molar-refractivity contribution is 5.95. The summed E-state index contributed by atoms with van der Waals surface area (Å²) >= 11 is 0. The van der Waals surface area contributed by atoms with E-state index in [2.05, 4.69) is 4.98 Å². The number of anilines is 2. The van der Waals surface area contributed by atoms with Gasteiger partial charge in [-0.1, -0.05) is 0 Å². The quantitative estimate of drug-likeness (QED) is 0.736. The zero-order valence-corrected chi connectivity index (χ0v) is 11.9. The van der Waals surface area contributed by atoms with E-state index in [9.17, 15) is 9.59 Å². The maximum absolute atomic E-state index is 11.8. The van der Waals surface area contributed by atoms with Crippen LogP contribution in [0.3, 0.4) is 0 Å². The van der Waals surface area contributed by atoms with Crippen molar-refractivity contribution in [1.82, 2.24) is 4.98 Å². The molecule has 1 amide bonds. The van der Waals surface area contributed by atoms with Crippen molar-refractivity contribution in [2.45, 2.75) is 26.8 Å². The van der Waals surface area contributed by atoms with Crippen LogP contribution in [0.25, 0.3) is 0 Å². The van der Waals surface area contributed by atoms with Crippen LogP contribution in [0.15, 0.2) is 12.3 Å². The number of aromatic nitrogens is 1. The molecule has 0 saturated carbocycles. The number of hydrogen-bond acceptors (Lipinski definition) is 6. The topological polar surface area (TPSA) is 112 Å². The summed E-state index contributed by atoms with van der Waals surface area (Å²) < 4.78 is 4.93. The Morgan fingerprint density at radius 2 is 2.10 bits per heavy atom. The van der Waals surface area contributed by atoms with E-state index in [-0.39, 0.29) is 30.4 Å². The molecule has 0 unspecified atom stereocenters. The second kappa shape index (κ2) is 6.74. The average Bonchev–Trinajstić information content (AvgIpc) is 2.36. The maximum Gasteiger partial charge on any atom is 0.340 e. The van der Waals surface area contributed by atoms with Gasteiger partial charge in [0.1, 0.15) is 5.82 Å². The summed E-state index contributed by atoms with van der Waals surface area (Å²) in [5.41, 5.74) is 11.4. The first-order valence-corrected chi connectivity index (χ1v) is 6.34. The number of nitrogens with zero attached hydrogens (tertiary/aromatic N) is 2. The molecular weight excluding hydrogens is 260 g/mol. The molecule has 110 valence electrons. The van der Waals surface area contributed by atoms with Gasteiger partial charge in [0.15, 0.2) is 0 Å². The smallest absolute Gasteiger partial charge is 0.340 e. The monoisotopic (exact) mass is 280 g/mol. The summed E-state index contributed by atoms with van der Waals surface area (Å²) in [6.45, 7) is 5.77. The van der Waals surface area contributed by atoms with Crippen LogP contribution in [-0.2, 0) is 9.53 Å². The van der Waals surface area contributed by atoms with E-state index in [4.69, 9.17) is 16.2 Å². The van der Waals surface area contributed by atoms with E-state index < -0.39 is 11.9 Å². The summed E-state index contributed by atoms with van der Waals surface area (Å²) in [6, 6.07) is 1.50. The van der Waals surface area contributed by atoms with Crippen molar-refractivity contribution in [2.75, 3.05) is 23.8 Å². The SMILES string of the molecule is CCOC(=O)c1cc(N(CC(N)=O)C(C)C)ncc1N. The number of carbonyl (C=O) groups is 2. The molecule has 7 heteroatoms. The predicted octanol–water partition coefficient (Wildman–Crippen LogP) is 0.541. The molecule has 0 aliphatic rings. The fourth-order valence-electron chi connectivity index (χ4n) is 1.69. The lowest BCUT2D eigenvalue weighted by molar-refractivity contribution is -0.116. The van der Waals surface area contributed by atoms with E-state index in [1.807, 2.05) is 13.8 Å². The van der Waals surface area contributed by atoms with Gasteiger partial charge in [-0.25, -0.2) is 9.78 Å². The lowest BCUT2D eigenvalue weighted by atomic mass is 10.2. The lowest BCUT2D eigenvalue weighted by Crippen LogP contribution is -2.39. The molecular formula is C13H20N4O3. The summed E-state index contributed by atoms with van der Waals surface area (Å²) in [5, 5.41) is 0.